The largest absolute Gasteiger partial charge is 0.378 e. The van der Waals surface area contributed by atoms with Gasteiger partial charge in [0.05, 0.1) is 16.8 Å². The number of nitrogens with one attached hydrogen (secondary N) is 1. The number of anilines is 1. The van der Waals surface area contributed by atoms with E-state index in [-0.39, 0.29) is 0 Å². The van der Waals surface area contributed by atoms with E-state index in [9.17, 15) is 0 Å². The van der Waals surface area contributed by atoms with Crippen molar-refractivity contribution in [1.29, 1.82) is 0 Å². The summed E-state index contributed by atoms with van der Waals surface area (Å²) >= 11 is 3.55. The van der Waals surface area contributed by atoms with E-state index in [2.05, 4.69) is 55.5 Å². The fourth-order valence-corrected chi connectivity index (χ4v) is 2.51. The summed E-state index contributed by atoms with van der Waals surface area (Å²) in [5.74, 6) is 1.67. The van der Waals surface area contributed by atoms with Gasteiger partial charge in [0.1, 0.15) is 11.6 Å². The predicted molar refractivity (Wildman–Crippen MR) is 88.5 cm³/mol. The highest BCUT2D eigenvalue weighted by atomic mass is 79.9. The first kappa shape index (κ1) is 15.9. The fraction of sp³-hybridized carbons (Fsp3) is 0.375. The second-order valence-electron chi connectivity index (χ2n) is 4.70. The van der Waals surface area contributed by atoms with Gasteiger partial charge in [-0.3, -0.25) is 0 Å². The average molecular weight is 350 g/mol. The number of rotatable bonds is 7. The maximum absolute atomic E-state index is 5.21. The maximum atomic E-state index is 5.21. The summed E-state index contributed by atoms with van der Waals surface area (Å²) in [6.07, 6.45) is 1.74. The van der Waals surface area contributed by atoms with Crippen molar-refractivity contribution < 1.29 is 4.74 Å². The smallest absolute Gasteiger partial charge is 0.144 e. The third-order valence-corrected chi connectivity index (χ3v) is 3.90. The molecule has 0 amide bonds. The number of hydrogen-bond donors (Lipinski definition) is 1. The molecule has 0 aliphatic heterocycles. The zero-order valence-corrected chi connectivity index (χ0v) is 14.0. The molecule has 0 radical (unpaired) electrons. The minimum absolute atomic E-state index is 0.472. The number of ether oxygens (including phenoxy) is 1. The topological polar surface area (TPSA) is 47.0 Å². The molecular weight excluding hydrogens is 330 g/mol. The molecule has 0 unspecified atom stereocenters. The van der Waals surface area contributed by atoms with E-state index in [1.807, 2.05) is 13.0 Å². The third kappa shape index (κ3) is 4.51. The highest BCUT2D eigenvalue weighted by Gasteiger charge is 2.11. The van der Waals surface area contributed by atoms with Crippen LogP contribution in [0.15, 0.2) is 34.8 Å². The molecule has 0 fully saturated rings. The van der Waals surface area contributed by atoms with E-state index in [0.29, 0.717) is 6.61 Å². The minimum atomic E-state index is 0.472. The van der Waals surface area contributed by atoms with Crippen LogP contribution in [0.2, 0.25) is 0 Å². The lowest BCUT2D eigenvalue weighted by Crippen LogP contribution is -2.09. The molecule has 0 saturated heterocycles. The highest BCUT2D eigenvalue weighted by molar-refractivity contribution is 9.10. The Labute approximate surface area is 134 Å². The Morgan fingerprint density at radius 3 is 2.57 bits per heavy atom. The van der Waals surface area contributed by atoms with Crippen LogP contribution in [0.25, 0.3) is 0 Å². The fourth-order valence-electron chi connectivity index (χ4n) is 2.07. The molecular formula is C16H20BrN3O. The number of halogens is 1. The van der Waals surface area contributed by atoms with Crippen LogP contribution < -0.4 is 5.32 Å². The van der Waals surface area contributed by atoms with Gasteiger partial charge < -0.3 is 10.1 Å². The van der Waals surface area contributed by atoms with Crippen LogP contribution in [0.4, 0.5) is 5.82 Å². The summed E-state index contributed by atoms with van der Waals surface area (Å²) in [5.41, 5.74) is 2.17. The lowest BCUT2D eigenvalue weighted by atomic mass is 10.1. The van der Waals surface area contributed by atoms with Crippen LogP contribution in [0.1, 0.15) is 24.0 Å². The van der Waals surface area contributed by atoms with Crippen LogP contribution in [0, 0.1) is 0 Å². The molecule has 21 heavy (non-hydrogen) atoms. The van der Waals surface area contributed by atoms with E-state index in [0.717, 1.165) is 41.2 Å². The molecule has 5 heteroatoms. The number of methoxy groups -OCH3 is 1. The molecule has 0 saturated carbocycles. The van der Waals surface area contributed by atoms with Gasteiger partial charge in [-0.05, 0) is 34.8 Å². The molecule has 2 aromatic rings. The second-order valence-corrected chi connectivity index (χ2v) is 5.49. The molecule has 0 bridgehead atoms. The van der Waals surface area contributed by atoms with Gasteiger partial charge in [-0.1, -0.05) is 30.3 Å². The molecule has 0 spiro atoms. The first-order valence-electron chi connectivity index (χ1n) is 7.06. The van der Waals surface area contributed by atoms with E-state index in [1.54, 1.807) is 7.11 Å². The number of aromatic nitrogens is 2. The van der Waals surface area contributed by atoms with Gasteiger partial charge >= 0.3 is 0 Å². The number of hydrogen-bond acceptors (Lipinski definition) is 4. The van der Waals surface area contributed by atoms with Gasteiger partial charge in [0.15, 0.2) is 0 Å². The van der Waals surface area contributed by atoms with Crippen LogP contribution in [0.3, 0.4) is 0 Å². The Morgan fingerprint density at radius 1 is 1.14 bits per heavy atom. The highest BCUT2D eigenvalue weighted by Crippen LogP contribution is 2.24. The van der Waals surface area contributed by atoms with Gasteiger partial charge in [0.2, 0.25) is 0 Å². The first-order chi connectivity index (χ1) is 10.2. The summed E-state index contributed by atoms with van der Waals surface area (Å²) in [4.78, 5) is 9.19. The normalized spacial score (nSPS) is 10.6. The summed E-state index contributed by atoms with van der Waals surface area (Å²) in [6.45, 7) is 3.34. The van der Waals surface area contributed by atoms with Crippen molar-refractivity contribution in [1.82, 2.24) is 9.97 Å². The van der Waals surface area contributed by atoms with Crippen LogP contribution >= 0.6 is 15.9 Å². The number of benzene rings is 1. The zero-order chi connectivity index (χ0) is 15.1. The molecule has 0 aliphatic carbocycles. The zero-order valence-electron chi connectivity index (χ0n) is 12.4. The van der Waals surface area contributed by atoms with Crippen LogP contribution in [-0.2, 0) is 24.2 Å². The van der Waals surface area contributed by atoms with E-state index >= 15 is 0 Å². The Hall–Kier alpha value is -1.46. The maximum Gasteiger partial charge on any atom is 0.144 e. The Morgan fingerprint density at radius 2 is 1.90 bits per heavy atom. The van der Waals surface area contributed by atoms with Gasteiger partial charge in [-0.2, -0.15) is 0 Å². The number of aryl methyl sites for hydroxylation is 2. The minimum Gasteiger partial charge on any atom is -0.378 e. The van der Waals surface area contributed by atoms with Crippen molar-refractivity contribution in [2.45, 2.75) is 26.4 Å². The van der Waals surface area contributed by atoms with E-state index in [4.69, 9.17) is 4.74 Å². The van der Waals surface area contributed by atoms with Crippen molar-refractivity contribution >= 4 is 21.7 Å². The summed E-state index contributed by atoms with van der Waals surface area (Å²) in [7, 11) is 1.67. The van der Waals surface area contributed by atoms with Crippen LogP contribution in [0.5, 0.6) is 0 Å². The monoisotopic (exact) mass is 349 g/mol. The summed E-state index contributed by atoms with van der Waals surface area (Å²) < 4.78 is 6.10. The average Bonchev–Trinajstić information content (AvgIpc) is 2.51. The number of nitrogens with zero attached hydrogens (tertiary/aromatic N) is 2. The molecule has 1 N–H and O–H groups in total. The molecule has 1 aromatic heterocycles. The molecule has 2 rings (SSSR count). The van der Waals surface area contributed by atoms with E-state index < -0.39 is 0 Å². The van der Waals surface area contributed by atoms with Crippen molar-refractivity contribution in [3.8, 4) is 0 Å². The van der Waals surface area contributed by atoms with Gasteiger partial charge in [-0.15, -0.1) is 0 Å². The summed E-state index contributed by atoms with van der Waals surface area (Å²) in [5, 5.41) is 3.26. The molecule has 0 aliphatic rings. The van der Waals surface area contributed by atoms with E-state index in [1.165, 1.54) is 5.56 Å². The SMILES string of the molecule is CCNc1nc(CCc2ccccc2)nc(COC)c1Br. The molecule has 1 heterocycles. The Kier molecular flexibility index (Phi) is 6.14. The summed E-state index contributed by atoms with van der Waals surface area (Å²) in [6, 6.07) is 10.4. The molecule has 112 valence electrons. The lowest BCUT2D eigenvalue weighted by Gasteiger charge is -2.12. The first-order valence-corrected chi connectivity index (χ1v) is 7.86. The molecule has 1 aromatic carbocycles. The van der Waals surface area contributed by atoms with Crippen molar-refractivity contribution in [3.05, 3.63) is 51.9 Å². The third-order valence-electron chi connectivity index (χ3n) is 3.07. The molecule has 0 atom stereocenters. The lowest BCUT2D eigenvalue weighted by molar-refractivity contribution is 0.180. The second kappa shape index (κ2) is 8.10. The Balaban J connectivity index is 2.18. The standard InChI is InChI=1S/C16H20BrN3O/c1-3-18-16-15(17)13(11-21-2)19-14(20-16)10-9-12-7-5-4-6-8-12/h4-8H,3,9-11H2,1-2H3,(H,18,19,20). The molecule has 4 nitrogen and oxygen atoms in total. The van der Waals surface area contributed by atoms with Crippen molar-refractivity contribution in [2.24, 2.45) is 0 Å². The predicted octanol–water partition coefficient (Wildman–Crippen LogP) is 3.60. The van der Waals surface area contributed by atoms with Crippen LogP contribution in [-0.4, -0.2) is 23.6 Å². The van der Waals surface area contributed by atoms with Crippen molar-refractivity contribution in [3.63, 3.8) is 0 Å². The van der Waals surface area contributed by atoms with Crippen molar-refractivity contribution in [2.75, 3.05) is 19.0 Å². The van der Waals surface area contributed by atoms with Gasteiger partial charge in [0.25, 0.3) is 0 Å². The Bertz CT molecular complexity index is 548. The quantitative estimate of drug-likeness (QED) is 0.829. The van der Waals surface area contributed by atoms with Gasteiger partial charge in [0, 0.05) is 20.1 Å². The van der Waals surface area contributed by atoms with Gasteiger partial charge in [-0.25, -0.2) is 9.97 Å².